The van der Waals surface area contributed by atoms with E-state index in [0.29, 0.717) is 24.8 Å². The Morgan fingerprint density at radius 3 is 2.16 bits per heavy atom. The molecule has 7 nitrogen and oxygen atoms in total. The van der Waals surface area contributed by atoms with Gasteiger partial charge in [0.15, 0.2) is 5.78 Å². The zero-order valence-electron chi connectivity index (χ0n) is 23.0. The van der Waals surface area contributed by atoms with Gasteiger partial charge in [-0.05, 0) is 36.8 Å². The summed E-state index contributed by atoms with van der Waals surface area (Å²) in [5.74, 6) is 2.59. The third-order valence-electron chi connectivity index (χ3n) is 9.59. The van der Waals surface area contributed by atoms with E-state index in [2.05, 4.69) is 31.5 Å². The number of pyridine rings is 1. The van der Waals surface area contributed by atoms with E-state index in [1.807, 2.05) is 12.1 Å². The molecular formula is C30H47N5O2. The average Bonchev–Trinajstić information content (AvgIpc) is 3.19. The topological polar surface area (TPSA) is 60.0 Å². The zero-order valence-corrected chi connectivity index (χ0v) is 23.0. The van der Waals surface area contributed by atoms with Crippen molar-refractivity contribution in [3.8, 4) is 0 Å². The van der Waals surface area contributed by atoms with Crippen molar-refractivity contribution in [3.63, 3.8) is 0 Å². The second-order valence-corrected chi connectivity index (χ2v) is 12.0. The molecule has 0 N–H and O–H groups in total. The fourth-order valence-corrected chi connectivity index (χ4v) is 6.71. The molecule has 7 heteroatoms. The maximum absolute atomic E-state index is 12.9. The molecule has 2 saturated carbocycles. The van der Waals surface area contributed by atoms with Gasteiger partial charge in [-0.1, -0.05) is 51.9 Å². The minimum atomic E-state index is 0.229. The molecule has 5 rings (SSSR count). The van der Waals surface area contributed by atoms with E-state index in [1.165, 1.54) is 57.8 Å². The third kappa shape index (κ3) is 6.91. The summed E-state index contributed by atoms with van der Waals surface area (Å²) < 4.78 is 0. The molecule has 2 aliphatic heterocycles. The van der Waals surface area contributed by atoms with E-state index >= 15 is 0 Å². The molecule has 0 aromatic carbocycles. The van der Waals surface area contributed by atoms with Crippen LogP contribution in [0.15, 0.2) is 18.3 Å². The highest BCUT2D eigenvalue weighted by atomic mass is 16.2. The summed E-state index contributed by atoms with van der Waals surface area (Å²) >= 11 is 0. The maximum Gasteiger partial charge on any atom is 0.236 e. The summed E-state index contributed by atoms with van der Waals surface area (Å²) in [6, 6.07) is 4.75. The fourth-order valence-electron chi connectivity index (χ4n) is 6.71. The average molecular weight is 510 g/mol. The molecule has 0 radical (unpaired) electrons. The van der Waals surface area contributed by atoms with Gasteiger partial charge >= 0.3 is 0 Å². The number of carbonyl (C=O) groups is 2. The Morgan fingerprint density at radius 2 is 1.57 bits per heavy atom. The van der Waals surface area contributed by atoms with Gasteiger partial charge in [0.05, 0.1) is 6.54 Å². The lowest BCUT2D eigenvalue weighted by Crippen LogP contribution is -2.56. The van der Waals surface area contributed by atoms with Gasteiger partial charge in [-0.15, -0.1) is 0 Å². The van der Waals surface area contributed by atoms with E-state index in [-0.39, 0.29) is 11.7 Å². The number of Topliss-reactive ketones (excluding diaryl/α,β-unsaturated/α-hetero) is 1. The molecule has 204 valence electrons. The first-order valence-corrected chi connectivity index (χ1v) is 15.0. The third-order valence-corrected chi connectivity index (χ3v) is 9.59. The summed E-state index contributed by atoms with van der Waals surface area (Å²) in [7, 11) is 0. The Kier molecular flexibility index (Phi) is 9.14. The van der Waals surface area contributed by atoms with E-state index < -0.39 is 0 Å². The quantitative estimate of drug-likeness (QED) is 0.389. The minimum Gasteiger partial charge on any atom is -0.354 e. The normalized spacial score (nSPS) is 23.9. The largest absolute Gasteiger partial charge is 0.354 e. The molecular weight excluding hydrogens is 462 g/mol. The van der Waals surface area contributed by atoms with Crippen molar-refractivity contribution in [3.05, 3.63) is 23.9 Å². The molecule has 1 aromatic rings. The molecule has 1 unspecified atom stereocenters. The van der Waals surface area contributed by atoms with Crippen LogP contribution in [0.25, 0.3) is 0 Å². The van der Waals surface area contributed by atoms with Crippen molar-refractivity contribution in [2.75, 3.05) is 63.8 Å². The lowest BCUT2D eigenvalue weighted by molar-refractivity contribution is -0.134. The Hall–Kier alpha value is -1.99. The van der Waals surface area contributed by atoms with Crippen molar-refractivity contribution in [2.45, 2.75) is 77.2 Å². The Balaban J connectivity index is 1.03. The number of nitrogens with zero attached hydrogens (tertiary/aromatic N) is 5. The van der Waals surface area contributed by atoms with Gasteiger partial charge in [0.25, 0.3) is 0 Å². The van der Waals surface area contributed by atoms with Gasteiger partial charge in [-0.2, -0.15) is 0 Å². The van der Waals surface area contributed by atoms with Crippen LogP contribution in [0.4, 0.5) is 5.82 Å². The smallest absolute Gasteiger partial charge is 0.236 e. The predicted octanol–water partition coefficient (Wildman–Crippen LogP) is 4.08. The zero-order chi connectivity index (χ0) is 25.6. The van der Waals surface area contributed by atoms with Crippen LogP contribution < -0.4 is 4.90 Å². The van der Waals surface area contributed by atoms with Crippen LogP contribution in [-0.4, -0.2) is 96.3 Å². The van der Waals surface area contributed by atoms with Crippen LogP contribution in [0.3, 0.4) is 0 Å². The molecule has 4 aliphatic rings. The summed E-state index contributed by atoms with van der Waals surface area (Å²) in [6.45, 7) is 10.1. The van der Waals surface area contributed by atoms with Gasteiger partial charge in [0.2, 0.25) is 5.91 Å². The first-order chi connectivity index (χ1) is 18.1. The summed E-state index contributed by atoms with van der Waals surface area (Å²) in [4.78, 5) is 39.7. The predicted molar refractivity (Wildman–Crippen MR) is 148 cm³/mol. The first-order valence-electron chi connectivity index (χ1n) is 15.0. The van der Waals surface area contributed by atoms with E-state index in [1.54, 1.807) is 6.20 Å². The first kappa shape index (κ1) is 26.6. The monoisotopic (exact) mass is 509 g/mol. The van der Waals surface area contributed by atoms with E-state index in [9.17, 15) is 9.59 Å². The Morgan fingerprint density at radius 1 is 0.865 bits per heavy atom. The second-order valence-electron chi connectivity index (χ2n) is 12.0. The highest BCUT2D eigenvalue weighted by Gasteiger charge is 2.30. The number of hydrogen-bond donors (Lipinski definition) is 0. The highest BCUT2D eigenvalue weighted by molar-refractivity contribution is 5.96. The van der Waals surface area contributed by atoms with Crippen molar-refractivity contribution in [1.29, 1.82) is 0 Å². The van der Waals surface area contributed by atoms with Gasteiger partial charge in [0.1, 0.15) is 5.82 Å². The van der Waals surface area contributed by atoms with Crippen molar-refractivity contribution >= 4 is 17.5 Å². The number of rotatable bonds is 8. The molecule has 4 fully saturated rings. The standard InChI is InChI=1S/C30H47N5O2/c1-24(25-7-4-2-3-5-8-25)21-28(36)26-11-12-29(31-22-26)34-15-13-32(14-16-34)23-30(37)35-19-17-33(18-20-35)27-9-6-10-27/h11-12,22,24-25,27H,2-10,13-21,23H2,1H3. The number of piperazine rings is 2. The summed E-state index contributed by atoms with van der Waals surface area (Å²) in [5.41, 5.74) is 0.742. The molecule has 1 aromatic heterocycles. The SMILES string of the molecule is CC(CC(=O)c1ccc(N2CCN(CC(=O)N3CCN(C4CCC4)CC3)CC2)nc1)C1CCCCCC1. The number of ketones is 1. The summed E-state index contributed by atoms with van der Waals surface area (Å²) in [6.07, 6.45) is 14.3. The van der Waals surface area contributed by atoms with Gasteiger partial charge in [0, 0.05) is 76.6 Å². The molecule has 0 spiro atoms. The molecule has 1 atom stereocenters. The van der Waals surface area contributed by atoms with Gasteiger partial charge < -0.3 is 9.80 Å². The van der Waals surface area contributed by atoms with Gasteiger partial charge in [-0.25, -0.2) is 4.98 Å². The second kappa shape index (κ2) is 12.7. The minimum absolute atomic E-state index is 0.229. The molecule has 2 saturated heterocycles. The van der Waals surface area contributed by atoms with Gasteiger partial charge in [-0.3, -0.25) is 19.4 Å². The van der Waals surface area contributed by atoms with Crippen LogP contribution in [0.5, 0.6) is 0 Å². The maximum atomic E-state index is 12.9. The van der Waals surface area contributed by atoms with Crippen LogP contribution in [0.1, 0.15) is 81.5 Å². The van der Waals surface area contributed by atoms with E-state index in [0.717, 1.165) is 69.8 Å². The molecule has 0 bridgehead atoms. The highest BCUT2D eigenvalue weighted by Crippen LogP contribution is 2.31. The molecule has 1 amide bonds. The van der Waals surface area contributed by atoms with Crippen LogP contribution in [0.2, 0.25) is 0 Å². The Labute approximate surface area is 223 Å². The molecule has 37 heavy (non-hydrogen) atoms. The summed E-state index contributed by atoms with van der Waals surface area (Å²) in [5, 5.41) is 0. The van der Waals surface area contributed by atoms with Crippen LogP contribution in [0, 0.1) is 11.8 Å². The van der Waals surface area contributed by atoms with Crippen molar-refractivity contribution in [1.82, 2.24) is 19.7 Å². The number of carbonyl (C=O) groups excluding carboxylic acids is 2. The van der Waals surface area contributed by atoms with E-state index in [4.69, 9.17) is 0 Å². The van der Waals surface area contributed by atoms with Crippen molar-refractivity contribution in [2.24, 2.45) is 11.8 Å². The van der Waals surface area contributed by atoms with Crippen molar-refractivity contribution < 1.29 is 9.59 Å². The number of hydrogen-bond acceptors (Lipinski definition) is 6. The lowest BCUT2D eigenvalue weighted by atomic mass is 9.83. The van der Waals surface area contributed by atoms with Crippen LogP contribution in [-0.2, 0) is 4.79 Å². The number of amides is 1. The molecule has 2 aliphatic carbocycles. The van der Waals surface area contributed by atoms with Crippen LogP contribution >= 0.6 is 0 Å². The fraction of sp³-hybridized carbons (Fsp3) is 0.767. The lowest BCUT2D eigenvalue weighted by Gasteiger charge is -2.43. The number of aromatic nitrogens is 1. The Bertz CT molecular complexity index is 878. The number of anilines is 1. The molecule has 3 heterocycles.